The zero-order valence-electron chi connectivity index (χ0n) is 20.4. The van der Waals surface area contributed by atoms with Gasteiger partial charge >= 0.3 is 13.1 Å². The molecule has 2 unspecified atom stereocenters. The van der Waals surface area contributed by atoms with Gasteiger partial charge in [-0.1, -0.05) is 12.1 Å². The first kappa shape index (κ1) is 24.5. The molecule has 2 atom stereocenters. The molecule has 2 aromatic rings. The van der Waals surface area contributed by atoms with Crippen LogP contribution >= 0.6 is 0 Å². The van der Waals surface area contributed by atoms with Crippen molar-refractivity contribution in [2.45, 2.75) is 71.2 Å². The molecule has 0 fully saturated rings. The maximum atomic E-state index is 15.0. The third-order valence-corrected chi connectivity index (χ3v) is 6.15. The fraction of sp³-hybridized carbons (Fsp3) is 0.500. The molecule has 2 aromatic carbocycles. The van der Waals surface area contributed by atoms with Gasteiger partial charge in [-0.3, -0.25) is 4.79 Å². The summed E-state index contributed by atoms with van der Waals surface area (Å²) in [4.78, 5) is 11.7. The molecule has 1 heterocycles. The van der Waals surface area contributed by atoms with E-state index < -0.39 is 13.2 Å². The van der Waals surface area contributed by atoms with Gasteiger partial charge in [0.05, 0.1) is 20.1 Å². The number of rotatable bonds is 9. The lowest BCUT2D eigenvalue weighted by atomic mass is 9.74. The average Bonchev–Trinajstić information content (AvgIpc) is 3.37. The zero-order valence-corrected chi connectivity index (χ0v) is 20.4. The standard InChI is InChI=1S/C26H32BFO6/c1-15(2)33-27(34-16(3)4)21-9-10-22(28)26-20(21)8-11-23(26)32-18-6-7-19-17(12-25(29)30-5)14-31-24(19)13-18/h6-7,9-10,13,15-17,23H,8,11-12,14H2,1-5H3. The highest BCUT2D eigenvalue weighted by Gasteiger charge is 2.36. The lowest BCUT2D eigenvalue weighted by Gasteiger charge is -2.22. The Balaban J connectivity index is 1.56. The van der Waals surface area contributed by atoms with Crippen LogP contribution in [0.25, 0.3) is 0 Å². The molecule has 2 aliphatic rings. The maximum absolute atomic E-state index is 15.0. The van der Waals surface area contributed by atoms with Crippen LogP contribution in [-0.2, 0) is 25.3 Å². The highest BCUT2D eigenvalue weighted by atomic mass is 19.1. The lowest BCUT2D eigenvalue weighted by molar-refractivity contribution is -0.141. The summed E-state index contributed by atoms with van der Waals surface area (Å²) in [7, 11) is 0.819. The van der Waals surface area contributed by atoms with Crippen LogP contribution in [0.5, 0.6) is 11.5 Å². The Morgan fingerprint density at radius 1 is 1.15 bits per heavy atom. The molecule has 1 aliphatic carbocycles. The molecular weight excluding hydrogens is 438 g/mol. The maximum Gasteiger partial charge on any atom is 0.494 e. The molecule has 4 rings (SSSR count). The Kier molecular flexibility index (Phi) is 7.48. The number of halogens is 1. The van der Waals surface area contributed by atoms with Crippen LogP contribution in [-0.4, -0.2) is 39.0 Å². The normalized spacial score (nSPS) is 18.6. The lowest BCUT2D eigenvalue weighted by Crippen LogP contribution is -2.42. The van der Waals surface area contributed by atoms with E-state index in [-0.39, 0.29) is 36.3 Å². The van der Waals surface area contributed by atoms with Gasteiger partial charge in [-0.2, -0.15) is 0 Å². The Morgan fingerprint density at radius 2 is 1.88 bits per heavy atom. The summed E-state index contributed by atoms with van der Waals surface area (Å²) in [6.07, 6.45) is 1.11. The monoisotopic (exact) mass is 470 g/mol. The van der Waals surface area contributed by atoms with Gasteiger partial charge in [0.2, 0.25) is 0 Å². The zero-order chi connectivity index (χ0) is 24.4. The number of fused-ring (bicyclic) bond motifs is 2. The van der Waals surface area contributed by atoms with E-state index in [1.54, 1.807) is 6.07 Å². The predicted molar refractivity (Wildman–Crippen MR) is 127 cm³/mol. The van der Waals surface area contributed by atoms with Crippen LogP contribution in [0.1, 0.15) is 69.2 Å². The van der Waals surface area contributed by atoms with Crippen molar-refractivity contribution in [2.24, 2.45) is 0 Å². The minimum Gasteiger partial charge on any atom is -0.492 e. The predicted octanol–water partition coefficient (Wildman–Crippen LogP) is 4.48. The van der Waals surface area contributed by atoms with E-state index in [0.717, 1.165) is 16.6 Å². The van der Waals surface area contributed by atoms with Crippen molar-refractivity contribution < 1.29 is 32.7 Å². The molecule has 182 valence electrons. The molecule has 34 heavy (non-hydrogen) atoms. The molecule has 1 aliphatic heterocycles. The number of ether oxygens (including phenoxy) is 3. The Morgan fingerprint density at radius 3 is 2.56 bits per heavy atom. The van der Waals surface area contributed by atoms with E-state index in [4.69, 9.17) is 23.5 Å². The van der Waals surface area contributed by atoms with Gasteiger partial charge in [-0.05, 0) is 63.7 Å². The Bertz CT molecular complexity index is 1030. The smallest absolute Gasteiger partial charge is 0.492 e. The number of esters is 1. The van der Waals surface area contributed by atoms with E-state index in [1.165, 1.54) is 13.2 Å². The fourth-order valence-corrected chi connectivity index (χ4v) is 4.66. The van der Waals surface area contributed by atoms with Gasteiger partial charge in [-0.25, -0.2) is 4.39 Å². The second-order valence-corrected chi connectivity index (χ2v) is 9.36. The molecular formula is C26H32BFO6. The largest absolute Gasteiger partial charge is 0.494 e. The van der Waals surface area contributed by atoms with Gasteiger partial charge in [0.15, 0.2) is 0 Å². The van der Waals surface area contributed by atoms with E-state index in [0.29, 0.717) is 36.5 Å². The molecule has 8 heteroatoms. The van der Waals surface area contributed by atoms with Crippen LogP contribution in [0, 0.1) is 5.82 Å². The van der Waals surface area contributed by atoms with Crippen molar-refractivity contribution in [3.63, 3.8) is 0 Å². The minimum atomic E-state index is -0.562. The molecule has 0 saturated carbocycles. The quantitative estimate of drug-likeness (QED) is 0.398. The summed E-state index contributed by atoms with van der Waals surface area (Å²) < 4.78 is 43.9. The number of benzene rings is 2. The molecule has 0 spiro atoms. The van der Waals surface area contributed by atoms with E-state index >= 15 is 4.39 Å². The number of hydrogen-bond donors (Lipinski definition) is 0. The molecule has 0 bridgehead atoms. The summed E-state index contributed by atoms with van der Waals surface area (Å²) in [5, 5.41) is 0. The van der Waals surface area contributed by atoms with Gasteiger partial charge in [-0.15, -0.1) is 0 Å². The van der Waals surface area contributed by atoms with E-state index in [9.17, 15) is 4.79 Å². The first-order valence-corrected chi connectivity index (χ1v) is 11.9. The fourth-order valence-electron chi connectivity index (χ4n) is 4.66. The summed E-state index contributed by atoms with van der Waals surface area (Å²) in [5.41, 5.74) is 3.27. The van der Waals surface area contributed by atoms with E-state index in [2.05, 4.69) is 0 Å². The van der Waals surface area contributed by atoms with Gasteiger partial charge in [0, 0.05) is 35.3 Å². The minimum absolute atomic E-state index is 0.0349. The van der Waals surface area contributed by atoms with Crippen LogP contribution in [0.2, 0.25) is 0 Å². The molecule has 0 aromatic heterocycles. The summed E-state index contributed by atoms with van der Waals surface area (Å²) in [6, 6.07) is 8.82. The number of carbonyl (C=O) groups excluding carboxylic acids is 1. The number of methoxy groups -OCH3 is 1. The van der Waals surface area contributed by atoms with Crippen molar-refractivity contribution in [3.8, 4) is 11.5 Å². The van der Waals surface area contributed by atoms with Crippen molar-refractivity contribution in [3.05, 3.63) is 52.8 Å². The second kappa shape index (κ2) is 10.4. The van der Waals surface area contributed by atoms with E-state index in [1.807, 2.05) is 45.9 Å². The highest BCUT2D eigenvalue weighted by Crippen LogP contribution is 2.41. The summed E-state index contributed by atoms with van der Waals surface area (Å²) in [5.74, 6) is 0.701. The van der Waals surface area contributed by atoms with Crippen LogP contribution in [0.15, 0.2) is 30.3 Å². The van der Waals surface area contributed by atoms with Gasteiger partial charge in [0.25, 0.3) is 0 Å². The molecule has 0 N–H and O–H groups in total. The van der Waals surface area contributed by atoms with Crippen molar-refractivity contribution >= 4 is 18.6 Å². The van der Waals surface area contributed by atoms with Crippen molar-refractivity contribution in [1.82, 2.24) is 0 Å². The van der Waals surface area contributed by atoms with Gasteiger partial charge < -0.3 is 23.5 Å². The SMILES string of the molecule is COC(=O)CC1COc2cc(OC3CCc4c(B(OC(C)C)OC(C)C)ccc(F)c43)ccc21. The number of hydrogen-bond acceptors (Lipinski definition) is 6. The van der Waals surface area contributed by atoms with Crippen LogP contribution in [0.3, 0.4) is 0 Å². The molecule has 0 saturated heterocycles. The Labute approximate surface area is 200 Å². The second-order valence-electron chi connectivity index (χ2n) is 9.36. The van der Waals surface area contributed by atoms with Gasteiger partial charge in [0.1, 0.15) is 23.4 Å². The first-order valence-electron chi connectivity index (χ1n) is 11.9. The van der Waals surface area contributed by atoms with Crippen molar-refractivity contribution in [2.75, 3.05) is 13.7 Å². The first-order chi connectivity index (χ1) is 16.3. The summed E-state index contributed by atoms with van der Waals surface area (Å²) in [6.45, 7) is 8.25. The summed E-state index contributed by atoms with van der Waals surface area (Å²) >= 11 is 0. The third kappa shape index (κ3) is 5.23. The average molecular weight is 470 g/mol. The van der Waals surface area contributed by atoms with Crippen molar-refractivity contribution in [1.29, 1.82) is 0 Å². The topological polar surface area (TPSA) is 63.2 Å². The molecule has 0 radical (unpaired) electrons. The van der Waals surface area contributed by atoms with Crippen LogP contribution in [0.4, 0.5) is 4.39 Å². The number of carbonyl (C=O) groups is 1. The van der Waals surface area contributed by atoms with Crippen LogP contribution < -0.4 is 14.9 Å². The highest BCUT2D eigenvalue weighted by molar-refractivity contribution is 6.62. The Hall–Kier alpha value is -2.58. The third-order valence-electron chi connectivity index (χ3n) is 6.15. The molecule has 6 nitrogen and oxygen atoms in total. The molecule has 0 amide bonds.